The maximum absolute atomic E-state index is 12.9. The van der Waals surface area contributed by atoms with E-state index in [1.165, 1.54) is 0 Å². The minimum absolute atomic E-state index is 0.0797. The number of fused-ring (bicyclic) bond motifs is 1. The van der Waals surface area contributed by atoms with E-state index < -0.39 is 11.4 Å². The minimum atomic E-state index is -1.22. The lowest BCUT2D eigenvalue weighted by atomic mass is 9.83. The molecule has 0 saturated carbocycles. The summed E-state index contributed by atoms with van der Waals surface area (Å²) in [6.07, 6.45) is 3.99. The summed E-state index contributed by atoms with van der Waals surface area (Å²) in [5.74, 6) is 0.736. The van der Waals surface area contributed by atoms with Gasteiger partial charge in [-0.25, -0.2) is 4.98 Å². The fourth-order valence-electron chi connectivity index (χ4n) is 3.58. The summed E-state index contributed by atoms with van der Waals surface area (Å²) in [4.78, 5) is 20.0. The van der Waals surface area contributed by atoms with Crippen LogP contribution < -0.4 is 15.2 Å². The Bertz CT molecular complexity index is 938. The Hall–Kier alpha value is -1.57. The Balaban J connectivity index is 2.02. The minimum Gasteiger partial charge on any atom is -0.598 e. The fourth-order valence-corrected chi connectivity index (χ4v) is 4.38. The van der Waals surface area contributed by atoms with Crippen LogP contribution in [-0.2, 0) is 11.4 Å². The maximum Gasteiger partial charge on any atom is 0.259 e. The summed E-state index contributed by atoms with van der Waals surface area (Å²) >= 11 is -1.22. The largest absolute Gasteiger partial charge is 0.598 e. The van der Waals surface area contributed by atoms with Gasteiger partial charge in [-0.2, -0.15) is 0 Å². The SMILES string of the molecule is Cc1cc(C(C)N[S@+]([O-])C(C)(C)C)c2nc(N3CCC(C)(C)CC3)cc(=O)n2c1. The molecule has 1 unspecified atom stereocenters. The molecule has 1 fully saturated rings. The highest BCUT2D eigenvalue weighted by Gasteiger charge is 2.30. The Kier molecular flexibility index (Phi) is 6.05. The van der Waals surface area contributed by atoms with Gasteiger partial charge in [0.05, 0.1) is 6.04 Å². The van der Waals surface area contributed by atoms with Gasteiger partial charge < -0.3 is 9.45 Å². The van der Waals surface area contributed by atoms with Crippen molar-refractivity contribution in [3.63, 3.8) is 0 Å². The van der Waals surface area contributed by atoms with Crippen molar-refractivity contribution < 1.29 is 4.55 Å². The molecule has 1 N–H and O–H groups in total. The van der Waals surface area contributed by atoms with Crippen LogP contribution in [0.15, 0.2) is 23.1 Å². The first kappa shape index (κ1) is 22.1. The van der Waals surface area contributed by atoms with Gasteiger partial charge in [-0.15, -0.1) is 4.72 Å². The van der Waals surface area contributed by atoms with E-state index >= 15 is 0 Å². The van der Waals surface area contributed by atoms with E-state index in [0.717, 1.165) is 42.9 Å². The van der Waals surface area contributed by atoms with Crippen molar-refractivity contribution in [2.75, 3.05) is 18.0 Å². The Morgan fingerprint density at radius 3 is 2.45 bits per heavy atom. The van der Waals surface area contributed by atoms with E-state index in [1.54, 1.807) is 10.5 Å². The van der Waals surface area contributed by atoms with E-state index in [2.05, 4.69) is 23.5 Å². The number of hydrogen-bond donors (Lipinski definition) is 1. The van der Waals surface area contributed by atoms with Crippen LogP contribution in [0.25, 0.3) is 5.65 Å². The van der Waals surface area contributed by atoms with Gasteiger partial charge in [0.2, 0.25) is 0 Å². The van der Waals surface area contributed by atoms with E-state index in [0.29, 0.717) is 11.1 Å². The summed E-state index contributed by atoms with van der Waals surface area (Å²) in [6.45, 7) is 16.1. The van der Waals surface area contributed by atoms with Crippen molar-refractivity contribution in [1.29, 1.82) is 0 Å². The highest BCUT2D eigenvalue weighted by Crippen LogP contribution is 2.32. The van der Waals surface area contributed by atoms with E-state index in [9.17, 15) is 9.35 Å². The fraction of sp³-hybridized carbons (Fsp3) is 0.636. The molecule has 1 aliphatic heterocycles. The summed E-state index contributed by atoms with van der Waals surface area (Å²) in [5.41, 5.74) is 2.75. The monoisotopic (exact) mass is 418 g/mol. The molecule has 3 rings (SSSR count). The number of hydrogen-bond acceptors (Lipinski definition) is 5. The second-order valence-electron chi connectivity index (χ2n) is 9.99. The molecule has 160 valence electrons. The highest BCUT2D eigenvalue weighted by molar-refractivity contribution is 7.90. The number of aromatic nitrogens is 2. The average molecular weight is 419 g/mol. The Morgan fingerprint density at radius 1 is 1.24 bits per heavy atom. The third kappa shape index (κ3) is 4.95. The van der Waals surface area contributed by atoms with Gasteiger partial charge in [-0.1, -0.05) is 13.8 Å². The molecule has 7 heteroatoms. The second kappa shape index (κ2) is 7.93. The van der Waals surface area contributed by atoms with Crippen LogP contribution in [0.2, 0.25) is 0 Å². The predicted octanol–water partition coefficient (Wildman–Crippen LogP) is 3.74. The molecule has 2 atom stereocenters. The summed E-state index contributed by atoms with van der Waals surface area (Å²) in [6, 6.07) is 3.47. The van der Waals surface area contributed by atoms with Crippen LogP contribution in [0.1, 0.15) is 71.6 Å². The molecule has 1 aliphatic rings. The first-order valence-corrected chi connectivity index (χ1v) is 11.5. The van der Waals surface area contributed by atoms with Crippen LogP contribution >= 0.6 is 0 Å². The number of pyridine rings is 1. The summed E-state index contributed by atoms with van der Waals surface area (Å²) in [5, 5.41) is 0. The highest BCUT2D eigenvalue weighted by atomic mass is 32.2. The first-order valence-electron chi connectivity index (χ1n) is 10.3. The molecule has 0 amide bonds. The number of piperidine rings is 1. The molecule has 29 heavy (non-hydrogen) atoms. The lowest BCUT2D eigenvalue weighted by Gasteiger charge is -2.37. The lowest BCUT2D eigenvalue weighted by molar-refractivity contribution is 0.279. The van der Waals surface area contributed by atoms with Crippen LogP contribution in [0.4, 0.5) is 5.82 Å². The molecule has 0 spiro atoms. The molecule has 3 heterocycles. The molecule has 0 aliphatic carbocycles. The van der Waals surface area contributed by atoms with Crippen LogP contribution in [0.5, 0.6) is 0 Å². The predicted molar refractivity (Wildman–Crippen MR) is 121 cm³/mol. The summed E-state index contributed by atoms with van der Waals surface area (Å²) in [7, 11) is 0. The van der Waals surface area contributed by atoms with Crippen LogP contribution in [0, 0.1) is 12.3 Å². The van der Waals surface area contributed by atoms with E-state index in [4.69, 9.17) is 4.98 Å². The summed E-state index contributed by atoms with van der Waals surface area (Å²) < 4.78 is 17.0. The Morgan fingerprint density at radius 2 is 1.86 bits per heavy atom. The number of nitrogens with one attached hydrogen (secondary N) is 1. The zero-order valence-corrected chi connectivity index (χ0v) is 19.5. The lowest BCUT2D eigenvalue weighted by Crippen LogP contribution is -2.41. The Labute approximate surface area is 177 Å². The maximum atomic E-state index is 12.9. The van der Waals surface area contributed by atoms with Gasteiger partial charge in [0.1, 0.15) is 16.2 Å². The van der Waals surface area contributed by atoms with Gasteiger partial charge in [0.25, 0.3) is 5.56 Å². The molecule has 6 nitrogen and oxygen atoms in total. The van der Waals surface area contributed by atoms with Crippen molar-refractivity contribution in [2.45, 2.75) is 72.1 Å². The third-order valence-corrected chi connectivity index (χ3v) is 7.34. The van der Waals surface area contributed by atoms with Gasteiger partial charge >= 0.3 is 0 Å². The molecular formula is C22H34N4O2S. The second-order valence-corrected chi connectivity index (χ2v) is 12.0. The number of aryl methyl sites for hydroxylation is 1. The normalized spacial score (nSPS) is 19.4. The van der Waals surface area contributed by atoms with Gasteiger partial charge in [-0.05, 0) is 64.5 Å². The molecule has 0 aromatic carbocycles. The van der Waals surface area contributed by atoms with Crippen molar-refractivity contribution >= 4 is 22.8 Å². The molecule has 2 aromatic heterocycles. The van der Waals surface area contributed by atoms with Gasteiger partial charge in [-0.3, -0.25) is 9.20 Å². The molecule has 2 aromatic rings. The van der Waals surface area contributed by atoms with E-state index in [-0.39, 0.29) is 16.3 Å². The van der Waals surface area contributed by atoms with Crippen molar-refractivity contribution in [1.82, 2.24) is 14.1 Å². The first-order chi connectivity index (χ1) is 13.4. The van der Waals surface area contributed by atoms with E-state index in [1.807, 2.05) is 46.9 Å². The molecule has 1 saturated heterocycles. The topological polar surface area (TPSA) is 72.7 Å². The quantitative estimate of drug-likeness (QED) is 0.766. The molecular weight excluding hydrogens is 384 g/mol. The van der Waals surface area contributed by atoms with Crippen molar-refractivity contribution in [3.8, 4) is 0 Å². The smallest absolute Gasteiger partial charge is 0.259 e. The third-order valence-electron chi connectivity index (χ3n) is 5.66. The van der Waals surface area contributed by atoms with Crippen LogP contribution in [-0.4, -0.2) is 31.8 Å². The standard InChI is InChI=1S/C22H34N4O2S/c1-15-12-17(16(2)24-29(28)21(3,4)5)20-23-18(13-19(27)26(20)14-15)25-10-8-22(6,7)9-11-25/h12-14,16,24H,8-11H2,1-7H3/t16?,29-/m1/s1. The average Bonchev–Trinajstić information content (AvgIpc) is 2.60. The van der Waals surface area contributed by atoms with Gasteiger partial charge in [0.15, 0.2) is 0 Å². The van der Waals surface area contributed by atoms with Gasteiger partial charge in [0, 0.05) is 42.3 Å². The van der Waals surface area contributed by atoms with Crippen molar-refractivity contribution in [2.24, 2.45) is 5.41 Å². The number of rotatable bonds is 4. The van der Waals surface area contributed by atoms with Crippen molar-refractivity contribution in [3.05, 3.63) is 39.8 Å². The molecule has 0 bridgehead atoms. The molecule has 0 radical (unpaired) electrons. The zero-order valence-electron chi connectivity index (χ0n) is 18.7. The number of anilines is 1. The zero-order chi connectivity index (χ0) is 21.6. The van der Waals surface area contributed by atoms with Crippen LogP contribution in [0.3, 0.4) is 0 Å². The number of nitrogens with zero attached hydrogens (tertiary/aromatic N) is 3.